The highest BCUT2D eigenvalue weighted by Crippen LogP contribution is 2.20. The molecule has 0 aliphatic carbocycles. The zero-order chi connectivity index (χ0) is 34.6. The van der Waals surface area contributed by atoms with Gasteiger partial charge in [0, 0.05) is 43.2 Å². The van der Waals surface area contributed by atoms with Crippen LogP contribution in [0.15, 0.2) is 91.1 Å². The summed E-state index contributed by atoms with van der Waals surface area (Å²) in [5.41, 5.74) is 3.33. The monoisotopic (exact) mass is 668 g/mol. The van der Waals surface area contributed by atoms with Crippen LogP contribution in [-0.4, -0.2) is 95.7 Å². The predicted molar refractivity (Wildman–Crippen MR) is 185 cm³/mol. The van der Waals surface area contributed by atoms with Crippen molar-refractivity contribution in [3.8, 4) is 0 Å². The lowest BCUT2D eigenvalue weighted by Gasteiger charge is -2.28. The van der Waals surface area contributed by atoms with E-state index in [1.807, 2.05) is 89.8 Å². The Morgan fingerprint density at radius 3 is 2.16 bits per heavy atom. The molecule has 0 radical (unpaired) electrons. The molecule has 1 aromatic heterocycles. The third-order valence-corrected chi connectivity index (χ3v) is 8.56. The Bertz CT molecular complexity index is 1690. The molecule has 49 heavy (non-hydrogen) atoms. The standard InChI is InChI=1S/C37H44N6O6/c1-25(40-33(44)24-43-16-18-49-19-17-43)35(46)42-32(21-28-23-38-30-15-9-8-14-29(28)30)36(47)41-31(20-26-10-4-2-5-11-26)34(45)37(48)39-22-27-12-6-3-7-13-27/h2-15,23,25,31-32,34,38,45H,16-22,24H2,1H3,(H,39,48)(H,40,44)(H,41,47)(H,42,46). The second kappa shape index (κ2) is 17.4. The molecule has 258 valence electrons. The number of carbonyl (C=O) groups is 4. The van der Waals surface area contributed by atoms with Crippen molar-refractivity contribution in [2.45, 2.75) is 50.5 Å². The summed E-state index contributed by atoms with van der Waals surface area (Å²) in [5.74, 6) is -2.08. The Balaban J connectivity index is 1.32. The third kappa shape index (κ3) is 10.2. The number of ether oxygens (including phenoxy) is 1. The molecular formula is C37H44N6O6. The smallest absolute Gasteiger partial charge is 0.251 e. The van der Waals surface area contributed by atoms with E-state index in [0.29, 0.717) is 26.3 Å². The van der Waals surface area contributed by atoms with Gasteiger partial charge in [-0.25, -0.2) is 0 Å². The number of aliphatic hydroxyl groups excluding tert-OH is 1. The normalized spacial score (nSPS) is 15.8. The minimum absolute atomic E-state index is 0.115. The number of aromatic amines is 1. The number of morpholine rings is 1. The Morgan fingerprint density at radius 2 is 1.45 bits per heavy atom. The fourth-order valence-corrected chi connectivity index (χ4v) is 5.81. The van der Waals surface area contributed by atoms with Gasteiger partial charge in [-0.3, -0.25) is 24.1 Å². The highest BCUT2D eigenvalue weighted by molar-refractivity contribution is 5.93. The van der Waals surface area contributed by atoms with Gasteiger partial charge in [-0.2, -0.15) is 0 Å². The minimum atomic E-state index is -1.59. The molecule has 1 aliphatic rings. The van der Waals surface area contributed by atoms with Gasteiger partial charge < -0.3 is 36.1 Å². The predicted octanol–water partition coefficient (Wildman–Crippen LogP) is 1.44. The second-order valence-corrected chi connectivity index (χ2v) is 12.3. The lowest BCUT2D eigenvalue weighted by molar-refractivity contribution is -0.134. The molecule has 4 unspecified atom stereocenters. The summed E-state index contributed by atoms with van der Waals surface area (Å²) in [7, 11) is 0. The molecule has 2 heterocycles. The van der Waals surface area contributed by atoms with Crippen LogP contribution in [0.3, 0.4) is 0 Å². The van der Waals surface area contributed by atoms with Crippen molar-refractivity contribution in [3.63, 3.8) is 0 Å². The molecular weight excluding hydrogens is 624 g/mol. The Hall–Kier alpha value is -5.04. The molecule has 0 bridgehead atoms. The van der Waals surface area contributed by atoms with Crippen molar-refractivity contribution in [1.82, 2.24) is 31.2 Å². The van der Waals surface area contributed by atoms with Gasteiger partial charge in [0.2, 0.25) is 17.7 Å². The average molecular weight is 669 g/mol. The molecule has 6 N–H and O–H groups in total. The number of nitrogens with one attached hydrogen (secondary N) is 5. The molecule has 1 fully saturated rings. The van der Waals surface area contributed by atoms with Gasteiger partial charge >= 0.3 is 0 Å². The van der Waals surface area contributed by atoms with Crippen molar-refractivity contribution < 1.29 is 29.0 Å². The first-order chi connectivity index (χ1) is 23.8. The maximum Gasteiger partial charge on any atom is 0.251 e. The van der Waals surface area contributed by atoms with Crippen LogP contribution in [0.4, 0.5) is 0 Å². The number of aliphatic hydroxyl groups is 1. The Labute approximate surface area is 285 Å². The average Bonchev–Trinajstić information content (AvgIpc) is 3.53. The zero-order valence-electron chi connectivity index (χ0n) is 27.6. The molecule has 12 nitrogen and oxygen atoms in total. The molecule has 4 amide bonds. The third-order valence-electron chi connectivity index (χ3n) is 8.56. The molecule has 4 atom stereocenters. The van der Waals surface area contributed by atoms with E-state index in [0.717, 1.165) is 27.6 Å². The van der Waals surface area contributed by atoms with E-state index < -0.39 is 42.0 Å². The van der Waals surface area contributed by atoms with Crippen LogP contribution in [-0.2, 0) is 43.3 Å². The number of H-pyrrole nitrogens is 1. The van der Waals surface area contributed by atoms with Crippen LogP contribution in [0, 0.1) is 0 Å². The van der Waals surface area contributed by atoms with Crippen molar-refractivity contribution in [2.75, 3.05) is 32.8 Å². The summed E-state index contributed by atoms with van der Waals surface area (Å²) in [5, 5.41) is 23.3. The number of aromatic nitrogens is 1. The molecule has 1 aliphatic heterocycles. The van der Waals surface area contributed by atoms with Gasteiger partial charge in [-0.1, -0.05) is 78.9 Å². The lowest BCUT2D eigenvalue weighted by atomic mass is 9.98. The molecule has 12 heteroatoms. The summed E-state index contributed by atoms with van der Waals surface area (Å²) in [6, 6.07) is 23.1. The van der Waals surface area contributed by atoms with Gasteiger partial charge in [0.1, 0.15) is 12.1 Å². The molecule has 5 rings (SSSR count). The van der Waals surface area contributed by atoms with Crippen molar-refractivity contribution in [1.29, 1.82) is 0 Å². The van der Waals surface area contributed by atoms with Crippen molar-refractivity contribution >= 4 is 34.5 Å². The van der Waals surface area contributed by atoms with E-state index in [1.54, 1.807) is 13.1 Å². The van der Waals surface area contributed by atoms with Crippen LogP contribution in [0.2, 0.25) is 0 Å². The van der Waals surface area contributed by atoms with Crippen molar-refractivity contribution in [3.05, 3.63) is 108 Å². The Kier molecular flexibility index (Phi) is 12.5. The first kappa shape index (κ1) is 35.3. The van der Waals surface area contributed by atoms with Gasteiger partial charge in [-0.05, 0) is 36.1 Å². The van der Waals surface area contributed by atoms with Gasteiger partial charge in [-0.15, -0.1) is 0 Å². The largest absolute Gasteiger partial charge is 0.381 e. The molecule has 4 aromatic rings. The van der Waals surface area contributed by atoms with Crippen LogP contribution < -0.4 is 21.3 Å². The first-order valence-corrected chi connectivity index (χ1v) is 16.6. The van der Waals surface area contributed by atoms with Crippen LogP contribution >= 0.6 is 0 Å². The SMILES string of the molecule is CC(NC(=O)CN1CCOCC1)C(=O)NC(Cc1c[nH]c2ccccc12)C(=O)NC(Cc1ccccc1)C(O)C(=O)NCc1ccccc1. The van der Waals surface area contributed by atoms with E-state index in [-0.39, 0.29) is 31.8 Å². The number of fused-ring (bicyclic) bond motifs is 1. The summed E-state index contributed by atoms with van der Waals surface area (Å²) in [6.07, 6.45) is 0.479. The van der Waals surface area contributed by atoms with E-state index in [9.17, 15) is 24.3 Å². The highest BCUT2D eigenvalue weighted by Gasteiger charge is 2.32. The highest BCUT2D eigenvalue weighted by atomic mass is 16.5. The number of hydrogen-bond donors (Lipinski definition) is 6. The van der Waals surface area contributed by atoms with E-state index in [1.165, 1.54) is 0 Å². The first-order valence-electron chi connectivity index (χ1n) is 16.6. The summed E-state index contributed by atoms with van der Waals surface area (Å²) < 4.78 is 5.34. The molecule has 1 saturated heterocycles. The second-order valence-electron chi connectivity index (χ2n) is 12.3. The number of amides is 4. The maximum atomic E-state index is 14.1. The van der Waals surface area contributed by atoms with E-state index >= 15 is 0 Å². The fourth-order valence-electron chi connectivity index (χ4n) is 5.81. The number of hydrogen-bond acceptors (Lipinski definition) is 7. The lowest BCUT2D eigenvalue weighted by Crippen LogP contribution is -2.58. The van der Waals surface area contributed by atoms with Gasteiger partial charge in [0.15, 0.2) is 6.10 Å². The molecule has 0 saturated carbocycles. The van der Waals surface area contributed by atoms with Crippen LogP contribution in [0.25, 0.3) is 10.9 Å². The summed E-state index contributed by atoms with van der Waals surface area (Å²) in [4.78, 5) is 58.6. The van der Waals surface area contributed by atoms with Crippen LogP contribution in [0.5, 0.6) is 0 Å². The molecule has 0 spiro atoms. The number of rotatable bonds is 15. The maximum absolute atomic E-state index is 14.1. The number of benzene rings is 3. The topological polar surface area (TPSA) is 165 Å². The van der Waals surface area contributed by atoms with Gasteiger partial charge in [0.25, 0.3) is 5.91 Å². The number of carbonyl (C=O) groups excluding carboxylic acids is 4. The van der Waals surface area contributed by atoms with E-state index in [4.69, 9.17) is 4.74 Å². The van der Waals surface area contributed by atoms with Crippen LogP contribution in [0.1, 0.15) is 23.6 Å². The fraction of sp³-hybridized carbons (Fsp3) is 0.351. The quantitative estimate of drug-likeness (QED) is 0.112. The summed E-state index contributed by atoms with van der Waals surface area (Å²) >= 11 is 0. The number of nitrogens with zero attached hydrogens (tertiary/aromatic N) is 1. The summed E-state index contributed by atoms with van der Waals surface area (Å²) in [6.45, 7) is 4.24. The van der Waals surface area contributed by atoms with Crippen molar-refractivity contribution in [2.24, 2.45) is 0 Å². The zero-order valence-corrected chi connectivity index (χ0v) is 27.6. The Morgan fingerprint density at radius 1 is 0.796 bits per heavy atom. The number of para-hydroxylation sites is 1. The van der Waals surface area contributed by atoms with Gasteiger partial charge in [0.05, 0.1) is 25.8 Å². The van der Waals surface area contributed by atoms with E-state index in [2.05, 4.69) is 26.3 Å². The minimum Gasteiger partial charge on any atom is -0.381 e. The molecule has 3 aromatic carbocycles.